The van der Waals surface area contributed by atoms with Crippen molar-refractivity contribution >= 4 is 17.9 Å². The van der Waals surface area contributed by atoms with Crippen molar-refractivity contribution in [1.82, 2.24) is 0 Å². The van der Waals surface area contributed by atoms with Crippen LogP contribution in [0.3, 0.4) is 0 Å². The zero-order valence-corrected chi connectivity index (χ0v) is 51.6. The Morgan fingerprint density at radius 3 is 0.797 bits per heavy atom. The molecule has 6 heteroatoms. The molecule has 0 radical (unpaired) electrons. The van der Waals surface area contributed by atoms with Crippen LogP contribution in [0.25, 0.3) is 0 Å². The fourth-order valence-electron chi connectivity index (χ4n) is 9.04. The van der Waals surface area contributed by atoms with E-state index in [1.54, 1.807) is 0 Å². The maximum absolute atomic E-state index is 12.9. The van der Waals surface area contributed by atoms with Gasteiger partial charge in [-0.1, -0.05) is 277 Å². The summed E-state index contributed by atoms with van der Waals surface area (Å²) in [6.07, 6.45) is 92.1. The minimum atomic E-state index is -0.803. The molecule has 1 unspecified atom stereocenters. The Hall–Kier alpha value is -4.19. The molecule has 0 aromatic rings. The van der Waals surface area contributed by atoms with Gasteiger partial charge in [0.2, 0.25) is 0 Å². The summed E-state index contributed by atoms with van der Waals surface area (Å²) in [5.41, 5.74) is 0. The minimum Gasteiger partial charge on any atom is -0.462 e. The van der Waals surface area contributed by atoms with Crippen molar-refractivity contribution in [2.45, 2.75) is 309 Å². The Bertz CT molecular complexity index is 1640. The Morgan fingerprint density at radius 2 is 0.494 bits per heavy atom. The van der Waals surface area contributed by atoms with Crippen molar-refractivity contribution in [2.24, 2.45) is 0 Å². The third-order valence-electron chi connectivity index (χ3n) is 13.9. The number of carbonyl (C=O) groups excluding carboxylic acids is 3. The van der Waals surface area contributed by atoms with Crippen LogP contribution in [0, 0.1) is 0 Å². The Kier molecular flexibility index (Phi) is 62.8. The van der Waals surface area contributed by atoms with Gasteiger partial charge < -0.3 is 14.2 Å². The largest absolute Gasteiger partial charge is 0.462 e. The van der Waals surface area contributed by atoms with Gasteiger partial charge in [-0.15, -0.1) is 0 Å². The van der Waals surface area contributed by atoms with Gasteiger partial charge in [-0.05, 0) is 128 Å². The molecule has 0 saturated carbocycles. The smallest absolute Gasteiger partial charge is 0.306 e. The number of unbranched alkanes of at least 4 members (excludes halogenated alkanes) is 28. The number of ether oxygens (including phenoxy) is 3. The van der Waals surface area contributed by atoms with E-state index in [1.807, 2.05) is 0 Å². The molecule has 0 amide bonds. The van der Waals surface area contributed by atoms with Crippen LogP contribution in [0.4, 0.5) is 0 Å². The fourth-order valence-corrected chi connectivity index (χ4v) is 9.04. The van der Waals surface area contributed by atoms with Crippen LogP contribution in [-0.2, 0) is 28.6 Å². The highest BCUT2D eigenvalue weighted by molar-refractivity contribution is 5.71. The van der Waals surface area contributed by atoms with Gasteiger partial charge in [0.15, 0.2) is 6.10 Å². The number of hydrogen-bond donors (Lipinski definition) is 0. The molecule has 0 aromatic heterocycles. The molecular formula is C73H122O6. The summed E-state index contributed by atoms with van der Waals surface area (Å²) in [5.74, 6) is -0.938. The molecule has 0 saturated heterocycles. The maximum atomic E-state index is 12.9. The Balaban J connectivity index is 4.40. The van der Waals surface area contributed by atoms with E-state index in [4.69, 9.17) is 14.2 Å². The second-order valence-electron chi connectivity index (χ2n) is 21.6. The maximum Gasteiger partial charge on any atom is 0.306 e. The Morgan fingerprint density at radius 1 is 0.266 bits per heavy atom. The lowest BCUT2D eigenvalue weighted by molar-refractivity contribution is -0.167. The van der Waals surface area contributed by atoms with Crippen molar-refractivity contribution in [2.75, 3.05) is 13.2 Å². The molecule has 0 spiro atoms. The van der Waals surface area contributed by atoms with Crippen molar-refractivity contribution in [3.05, 3.63) is 122 Å². The zero-order chi connectivity index (χ0) is 57.1. The molecule has 6 nitrogen and oxygen atoms in total. The summed E-state index contributed by atoms with van der Waals surface area (Å²) in [7, 11) is 0. The van der Waals surface area contributed by atoms with Crippen LogP contribution in [0.15, 0.2) is 122 Å². The summed E-state index contributed by atoms with van der Waals surface area (Å²) in [5, 5.41) is 0. The molecule has 0 bridgehead atoms. The molecule has 0 rings (SSSR count). The number of carbonyl (C=O) groups is 3. The van der Waals surface area contributed by atoms with Gasteiger partial charge >= 0.3 is 17.9 Å². The summed E-state index contributed by atoms with van der Waals surface area (Å²) >= 11 is 0. The molecule has 1 atom stereocenters. The average molecular weight is 1100 g/mol. The molecule has 0 aromatic carbocycles. The molecule has 0 aliphatic rings. The van der Waals surface area contributed by atoms with E-state index in [1.165, 1.54) is 148 Å². The molecule has 0 heterocycles. The molecule has 0 aliphatic heterocycles. The van der Waals surface area contributed by atoms with Gasteiger partial charge in [-0.2, -0.15) is 0 Å². The van der Waals surface area contributed by atoms with E-state index in [2.05, 4.69) is 142 Å². The van der Waals surface area contributed by atoms with Gasteiger partial charge in [0, 0.05) is 19.3 Å². The molecule has 79 heavy (non-hydrogen) atoms. The van der Waals surface area contributed by atoms with Crippen molar-refractivity contribution in [1.29, 1.82) is 0 Å². The van der Waals surface area contributed by atoms with Crippen LogP contribution < -0.4 is 0 Å². The predicted molar refractivity (Wildman–Crippen MR) is 343 cm³/mol. The van der Waals surface area contributed by atoms with Gasteiger partial charge in [-0.25, -0.2) is 0 Å². The second kappa shape index (κ2) is 66.3. The van der Waals surface area contributed by atoms with Crippen LogP contribution in [0.1, 0.15) is 303 Å². The van der Waals surface area contributed by atoms with E-state index in [9.17, 15) is 14.4 Å². The number of esters is 3. The van der Waals surface area contributed by atoms with Crippen molar-refractivity contribution < 1.29 is 28.6 Å². The quantitative estimate of drug-likeness (QED) is 0.0261. The van der Waals surface area contributed by atoms with E-state index < -0.39 is 6.10 Å². The van der Waals surface area contributed by atoms with E-state index in [0.717, 1.165) is 116 Å². The molecule has 0 aliphatic carbocycles. The van der Waals surface area contributed by atoms with Crippen LogP contribution in [-0.4, -0.2) is 37.2 Å². The van der Waals surface area contributed by atoms with E-state index >= 15 is 0 Å². The van der Waals surface area contributed by atoms with Crippen molar-refractivity contribution in [3.63, 3.8) is 0 Å². The number of rotatable bonds is 59. The van der Waals surface area contributed by atoms with Gasteiger partial charge in [0.25, 0.3) is 0 Å². The predicted octanol–water partition coefficient (Wildman–Crippen LogP) is 22.8. The molecule has 0 N–H and O–H groups in total. The van der Waals surface area contributed by atoms with Gasteiger partial charge in [-0.3, -0.25) is 14.4 Å². The monoisotopic (exact) mass is 1090 g/mol. The third kappa shape index (κ3) is 64.5. The summed E-state index contributed by atoms with van der Waals surface area (Å²) in [4.78, 5) is 38.4. The van der Waals surface area contributed by atoms with Crippen LogP contribution in [0.2, 0.25) is 0 Å². The first-order valence-electron chi connectivity index (χ1n) is 33.0. The zero-order valence-electron chi connectivity index (χ0n) is 51.6. The number of hydrogen-bond acceptors (Lipinski definition) is 6. The second-order valence-corrected chi connectivity index (χ2v) is 21.6. The standard InChI is InChI=1S/C73H122O6/c1-4-7-10-13-16-19-22-25-28-30-32-34-36-38-40-42-45-48-51-54-57-60-63-66-72(75)78-69-70(68-77-71(74)65-62-59-56-53-50-47-44-27-24-21-18-15-12-9-6-3)79-73(76)67-64-61-58-55-52-49-46-43-41-39-37-35-33-31-29-26-23-20-17-14-11-8-5-2/h7,9-10,12,16,18-19,21,23,25-28,31-34,44,50,53,70H,4-6,8,11,13-15,17,20,22,24,29-30,35-43,45-49,51-52,54-69H2,1-3H3/b10-7-,12-9-,19-16-,21-18-,26-23-,28-25-,33-31-,34-32-,44-27-,53-50-. The first-order chi connectivity index (χ1) is 39.0. The van der Waals surface area contributed by atoms with Crippen LogP contribution in [0.5, 0.6) is 0 Å². The summed E-state index contributed by atoms with van der Waals surface area (Å²) < 4.78 is 16.9. The lowest BCUT2D eigenvalue weighted by Gasteiger charge is -2.18. The summed E-state index contributed by atoms with van der Waals surface area (Å²) in [6, 6.07) is 0. The Labute approximate surface area is 488 Å². The normalized spacial score (nSPS) is 12.9. The fraction of sp³-hybridized carbons (Fsp3) is 0.685. The minimum absolute atomic E-state index is 0.0958. The molecular weight excluding hydrogens is 973 g/mol. The first kappa shape index (κ1) is 74.8. The highest BCUT2D eigenvalue weighted by atomic mass is 16.6. The SMILES string of the molecule is CC/C=C\C/C=C\C/C=C\C/C=C\CCCCCCCCCCCCC(=O)OCC(COC(=O)CCCC/C=C\C/C=C\C/C=C\C/C=C\CC)OC(=O)CCCCCCCCCCCCC/C=C\C/C=C\CCCCCCC. The molecule has 0 fully saturated rings. The first-order valence-corrected chi connectivity index (χ1v) is 33.0. The lowest BCUT2D eigenvalue weighted by Crippen LogP contribution is -2.30. The lowest BCUT2D eigenvalue weighted by atomic mass is 10.0. The molecule has 450 valence electrons. The van der Waals surface area contributed by atoms with E-state index in [0.29, 0.717) is 19.3 Å². The topological polar surface area (TPSA) is 78.9 Å². The van der Waals surface area contributed by atoms with Crippen molar-refractivity contribution in [3.8, 4) is 0 Å². The highest BCUT2D eigenvalue weighted by Gasteiger charge is 2.19. The van der Waals surface area contributed by atoms with Gasteiger partial charge in [0.1, 0.15) is 13.2 Å². The summed E-state index contributed by atoms with van der Waals surface area (Å²) in [6.45, 7) is 6.38. The highest BCUT2D eigenvalue weighted by Crippen LogP contribution is 2.16. The average Bonchev–Trinajstić information content (AvgIpc) is 3.45. The van der Waals surface area contributed by atoms with E-state index in [-0.39, 0.29) is 31.1 Å². The van der Waals surface area contributed by atoms with Gasteiger partial charge in [0.05, 0.1) is 0 Å². The van der Waals surface area contributed by atoms with Crippen LogP contribution >= 0.6 is 0 Å². The number of allylic oxidation sites excluding steroid dienone is 20. The third-order valence-corrected chi connectivity index (χ3v) is 13.9.